The molecule has 3 rings (SSSR count). The Balaban J connectivity index is 1.57. The van der Waals surface area contributed by atoms with Crippen molar-refractivity contribution in [2.24, 2.45) is 0 Å². The average molecular weight is 372 g/mol. The molecule has 0 radical (unpaired) electrons. The summed E-state index contributed by atoms with van der Waals surface area (Å²) in [5.74, 6) is 0.474. The second kappa shape index (κ2) is 8.16. The third-order valence-electron chi connectivity index (χ3n) is 4.11. The van der Waals surface area contributed by atoms with Gasteiger partial charge >= 0.3 is 0 Å². The third kappa shape index (κ3) is 4.30. The van der Waals surface area contributed by atoms with Crippen LogP contribution in [0.3, 0.4) is 0 Å². The summed E-state index contributed by atoms with van der Waals surface area (Å²) in [5.41, 5.74) is 1.62. The van der Waals surface area contributed by atoms with Crippen molar-refractivity contribution in [3.8, 4) is 5.75 Å². The second-order valence-corrected chi connectivity index (χ2v) is 6.90. The fourth-order valence-electron chi connectivity index (χ4n) is 2.79. The van der Waals surface area contributed by atoms with Crippen molar-refractivity contribution >= 4 is 34.9 Å². The lowest BCUT2D eigenvalue weighted by Crippen LogP contribution is -2.36. The van der Waals surface area contributed by atoms with Gasteiger partial charge in [0.05, 0.1) is 19.8 Å². The zero-order valence-corrected chi connectivity index (χ0v) is 15.2. The molecule has 7 heteroatoms. The minimum atomic E-state index is -0.238. The Hall–Kier alpha value is -2.64. The van der Waals surface area contributed by atoms with Gasteiger partial charge in [0.2, 0.25) is 11.8 Å². The van der Waals surface area contributed by atoms with E-state index in [1.54, 1.807) is 30.2 Å². The normalized spacial score (nSPS) is 17.1. The first kappa shape index (κ1) is 18.2. The Bertz CT molecular complexity index is 813. The van der Waals surface area contributed by atoms with Crippen molar-refractivity contribution in [1.82, 2.24) is 5.32 Å². The van der Waals surface area contributed by atoms with Crippen LogP contribution in [0.5, 0.6) is 5.75 Å². The summed E-state index contributed by atoms with van der Waals surface area (Å²) in [6.07, 6.45) is 3.43. The molecule has 0 spiro atoms. The van der Waals surface area contributed by atoms with Crippen LogP contribution >= 0.6 is 11.3 Å². The maximum Gasteiger partial charge on any atom is 0.244 e. The van der Waals surface area contributed by atoms with Crippen molar-refractivity contribution in [3.05, 3.63) is 52.2 Å². The summed E-state index contributed by atoms with van der Waals surface area (Å²) in [5, 5.41) is 13.8. The molecule has 1 unspecified atom stereocenters. The number of amides is 2. The molecule has 0 bridgehead atoms. The number of carbonyl (C=O) groups is 2. The van der Waals surface area contributed by atoms with Gasteiger partial charge < -0.3 is 20.1 Å². The van der Waals surface area contributed by atoms with E-state index in [0.717, 1.165) is 21.9 Å². The molecule has 1 fully saturated rings. The van der Waals surface area contributed by atoms with Gasteiger partial charge in [0, 0.05) is 29.6 Å². The summed E-state index contributed by atoms with van der Waals surface area (Å²) in [7, 11) is 1.59. The van der Waals surface area contributed by atoms with Crippen LogP contribution < -0.4 is 15.0 Å². The SMILES string of the molecule is COc1ccc(N2CC(NC(=O)C=Cc3cc(CO)cs3)CC2=O)cc1. The Morgan fingerprint density at radius 2 is 2.19 bits per heavy atom. The summed E-state index contributed by atoms with van der Waals surface area (Å²) in [6.45, 7) is 0.431. The molecule has 2 heterocycles. The van der Waals surface area contributed by atoms with E-state index in [-0.39, 0.29) is 30.9 Å². The molecule has 1 aliphatic heterocycles. The lowest BCUT2D eigenvalue weighted by Gasteiger charge is -2.17. The van der Waals surface area contributed by atoms with E-state index >= 15 is 0 Å². The van der Waals surface area contributed by atoms with Crippen LogP contribution in [-0.4, -0.2) is 36.6 Å². The monoisotopic (exact) mass is 372 g/mol. The highest BCUT2D eigenvalue weighted by atomic mass is 32.1. The summed E-state index contributed by atoms with van der Waals surface area (Å²) in [6, 6.07) is 8.88. The van der Waals surface area contributed by atoms with E-state index in [0.29, 0.717) is 6.54 Å². The molecule has 2 aromatic rings. The van der Waals surface area contributed by atoms with Gasteiger partial charge in [0.1, 0.15) is 5.75 Å². The van der Waals surface area contributed by atoms with E-state index in [1.807, 2.05) is 23.6 Å². The number of carbonyl (C=O) groups excluding carboxylic acids is 2. The largest absolute Gasteiger partial charge is 0.497 e. The summed E-state index contributed by atoms with van der Waals surface area (Å²) < 4.78 is 5.12. The minimum absolute atomic E-state index is 0.0120. The number of nitrogens with one attached hydrogen (secondary N) is 1. The van der Waals surface area contributed by atoms with Crippen LogP contribution in [0.2, 0.25) is 0 Å². The number of hydrogen-bond acceptors (Lipinski definition) is 5. The molecule has 1 saturated heterocycles. The first-order chi connectivity index (χ1) is 12.6. The minimum Gasteiger partial charge on any atom is -0.497 e. The molecular weight excluding hydrogens is 352 g/mol. The van der Waals surface area contributed by atoms with Crippen molar-refractivity contribution in [2.45, 2.75) is 19.1 Å². The number of rotatable bonds is 6. The van der Waals surface area contributed by atoms with Gasteiger partial charge in [-0.3, -0.25) is 9.59 Å². The van der Waals surface area contributed by atoms with Crippen molar-refractivity contribution in [2.75, 3.05) is 18.6 Å². The number of thiophene rings is 1. The van der Waals surface area contributed by atoms with Crippen LogP contribution in [0.25, 0.3) is 6.08 Å². The number of ether oxygens (including phenoxy) is 1. The molecule has 1 aromatic heterocycles. The lowest BCUT2D eigenvalue weighted by atomic mass is 10.2. The molecule has 1 atom stereocenters. The number of aliphatic hydroxyl groups is 1. The molecule has 26 heavy (non-hydrogen) atoms. The lowest BCUT2D eigenvalue weighted by molar-refractivity contribution is -0.117. The van der Waals surface area contributed by atoms with Gasteiger partial charge in [-0.05, 0) is 47.4 Å². The number of methoxy groups -OCH3 is 1. The fourth-order valence-corrected chi connectivity index (χ4v) is 3.58. The first-order valence-electron chi connectivity index (χ1n) is 8.20. The highest BCUT2D eigenvalue weighted by Gasteiger charge is 2.31. The number of benzene rings is 1. The van der Waals surface area contributed by atoms with Gasteiger partial charge in [-0.2, -0.15) is 0 Å². The van der Waals surface area contributed by atoms with Crippen LogP contribution in [0, 0.1) is 0 Å². The van der Waals surface area contributed by atoms with E-state index in [4.69, 9.17) is 9.84 Å². The standard InChI is InChI=1S/C19H20N2O4S/c1-25-16-4-2-15(3-5-16)21-10-14(9-19(21)24)20-18(23)7-6-17-8-13(11-22)12-26-17/h2-8,12,14,22H,9-11H2,1H3,(H,20,23). The maximum absolute atomic E-state index is 12.2. The van der Waals surface area contributed by atoms with Gasteiger partial charge in [-0.1, -0.05) is 0 Å². The average Bonchev–Trinajstić information content (AvgIpc) is 3.26. The van der Waals surface area contributed by atoms with Gasteiger partial charge in [0.15, 0.2) is 0 Å². The van der Waals surface area contributed by atoms with Gasteiger partial charge in [-0.15, -0.1) is 11.3 Å². The predicted octanol–water partition coefficient (Wildman–Crippen LogP) is 2.18. The van der Waals surface area contributed by atoms with Crippen molar-refractivity contribution in [1.29, 1.82) is 0 Å². The van der Waals surface area contributed by atoms with Gasteiger partial charge in [0.25, 0.3) is 0 Å². The Labute approximate surface area is 155 Å². The molecular formula is C19H20N2O4S. The number of nitrogens with zero attached hydrogens (tertiary/aromatic N) is 1. The van der Waals surface area contributed by atoms with E-state index in [2.05, 4.69) is 5.32 Å². The number of aliphatic hydroxyl groups excluding tert-OH is 1. The van der Waals surface area contributed by atoms with E-state index < -0.39 is 0 Å². The van der Waals surface area contributed by atoms with Crippen LogP contribution in [0.4, 0.5) is 5.69 Å². The number of anilines is 1. The van der Waals surface area contributed by atoms with E-state index in [1.165, 1.54) is 17.4 Å². The topological polar surface area (TPSA) is 78.9 Å². The van der Waals surface area contributed by atoms with E-state index in [9.17, 15) is 9.59 Å². The predicted molar refractivity (Wildman–Crippen MR) is 101 cm³/mol. The van der Waals surface area contributed by atoms with Crippen LogP contribution in [-0.2, 0) is 16.2 Å². The molecule has 2 N–H and O–H groups in total. The Morgan fingerprint density at radius 3 is 2.85 bits per heavy atom. The highest BCUT2D eigenvalue weighted by Crippen LogP contribution is 2.24. The molecule has 1 aliphatic rings. The number of hydrogen-bond donors (Lipinski definition) is 2. The third-order valence-corrected chi connectivity index (χ3v) is 5.06. The fraction of sp³-hybridized carbons (Fsp3) is 0.263. The molecule has 0 aliphatic carbocycles. The molecule has 6 nitrogen and oxygen atoms in total. The molecule has 0 saturated carbocycles. The van der Waals surface area contributed by atoms with Gasteiger partial charge in [-0.25, -0.2) is 0 Å². The smallest absolute Gasteiger partial charge is 0.244 e. The Kier molecular flexibility index (Phi) is 5.70. The van der Waals surface area contributed by atoms with Crippen molar-refractivity contribution < 1.29 is 19.4 Å². The van der Waals surface area contributed by atoms with Crippen LogP contribution in [0.15, 0.2) is 41.8 Å². The van der Waals surface area contributed by atoms with Crippen molar-refractivity contribution in [3.63, 3.8) is 0 Å². The maximum atomic E-state index is 12.2. The Morgan fingerprint density at radius 1 is 1.42 bits per heavy atom. The summed E-state index contributed by atoms with van der Waals surface area (Å²) in [4.78, 5) is 26.9. The zero-order valence-electron chi connectivity index (χ0n) is 14.3. The summed E-state index contributed by atoms with van der Waals surface area (Å²) >= 11 is 1.46. The second-order valence-electron chi connectivity index (χ2n) is 5.96. The molecule has 136 valence electrons. The molecule has 1 aromatic carbocycles. The molecule has 2 amide bonds. The first-order valence-corrected chi connectivity index (χ1v) is 9.08. The highest BCUT2D eigenvalue weighted by molar-refractivity contribution is 7.11. The zero-order chi connectivity index (χ0) is 18.5. The van der Waals surface area contributed by atoms with Crippen LogP contribution in [0.1, 0.15) is 16.9 Å². The quantitative estimate of drug-likeness (QED) is 0.762.